The Bertz CT molecular complexity index is 886. The van der Waals surface area contributed by atoms with Crippen LogP contribution in [0.25, 0.3) is 22.2 Å². The minimum Gasteiger partial charge on any atom is -0.495 e. The molecule has 2 N–H and O–H groups in total. The highest BCUT2D eigenvalue weighted by molar-refractivity contribution is 6.32. The molecule has 6 heteroatoms. The molecular formula is C19H21ClN4O. The molecule has 2 aromatic heterocycles. The first-order valence-corrected chi connectivity index (χ1v) is 9.07. The Balaban J connectivity index is 1.75. The van der Waals surface area contributed by atoms with Crippen LogP contribution >= 0.6 is 11.6 Å². The van der Waals surface area contributed by atoms with E-state index < -0.39 is 0 Å². The van der Waals surface area contributed by atoms with Crippen molar-refractivity contribution in [2.45, 2.75) is 38.1 Å². The van der Waals surface area contributed by atoms with Crippen LogP contribution < -0.4 is 10.1 Å². The third kappa shape index (κ3) is 3.16. The molecule has 3 aromatic rings. The van der Waals surface area contributed by atoms with Crippen LogP contribution in [0.2, 0.25) is 5.02 Å². The van der Waals surface area contributed by atoms with Crippen LogP contribution in [-0.4, -0.2) is 28.3 Å². The summed E-state index contributed by atoms with van der Waals surface area (Å²) >= 11 is 6.30. The normalized spacial score (nSPS) is 15.4. The smallest absolute Gasteiger partial charge is 0.137 e. The quantitative estimate of drug-likeness (QED) is 0.688. The zero-order valence-electron chi connectivity index (χ0n) is 14.2. The van der Waals surface area contributed by atoms with Gasteiger partial charge in [-0.2, -0.15) is 5.10 Å². The van der Waals surface area contributed by atoms with Crippen molar-refractivity contribution in [2.24, 2.45) is 0 Å². The molecule has 4 rings (SSSR count). The predicted octanol–water partition coefficient (Wildman–Crippen LogP) is 5.03. The van der Waals surface area contributed by atoms with Crippen molar-refractivity contribution in [3.8, 4) is 17.0 Å². The second kappa shape index (κ2) is 6.92. The Labute approximate surface area is 151 Å². The molecule has 1 saturated carbocycles. The summed E-state index contributed by atoms with van der Waals surface area (Å²) in [5.74, 6) is 1.55. The molecule has 0 amide bonds. The number of hydrogen-bond donors (Lipinski definition) is 2. The van der Waals surface area contributed by atoms with Crippen LogP contribution in [0.1, 0.15) is 32.1 Å². The lowest BCUT2D eigenvalue weighted by Gasteiger charge is -2.23. The van der Waals surface area contributed by atoms with E-state index in [1.54, 1.807) is 7.11 Å². The van der Waals surface area contributed by atoms with Crippen molar-refractivity contribution in [3.05, 3.63) is 35.5 Å². The highest BCUT2D eigenvalue weighted by Gasteiger charge is 2.18. The van der Waals surface area contributed by atoms with Gasteiger partial charge in [0.15, 0.2) is 0 Å². The summed E-state index contributed by atoms with van der Waals surface area (Å²) in [6.07, 6.45) is 8.09. The molecule has 25 heavy (non-hydrogen) atoms. The molecule has 0 bridgehead atoms. The molecule has 2 heterocycles. The monoisotopic (exact) mass is 356 g/mol. The van der Waals surface area contributed by atoms with E-state index in [4.69, 9.17) is 16.3 Å². The number of ether oxygens (including phenoxy) is 1. The number of hydrogen-bond acceptors (Lipinski definition) is 4. The maximum absolute atomic E-state index is 6.30. The number of aromatic nitrogens is 3. The lowest BCUT2D eigenvalue weighted by molar-refractivity contribution is 0.415. The number of methoxy groups -OCH3 is 1. The SMILES string of the molecule is COc1ccc(-c2n[nH]c3ccnc(NC4CCCCC4)c23)cc1Cl. The third-order valence-corrected chi connectivity index (χ3v) is 5.14. The van der Waals surface area contributed by atoms with Gasteiger partial charge in [-0.1, -0.05) is 30.9 Å². The number of anilines is 1. The summed E-state index contributed by atoms with van der Waals surface area (Å²) in [5.41, 5.74) is 2.76. The van der Waals surface area contributed by atoms with Gasteiger partial charge in [-0.05, 0) is 37.1 Å². The Hall–Kier alpha value is -2.27. The van der Waals surface area contributed by atoms with E-state index in [2.05, 4.69) is 20.5 Å². The number of fused-ring (bicyclic) bond motifs is 1. The van der Waals surface area contributed by atoms with Crippen LogP contribution in [0.15, 0.2) is 30.5 Å². The second-order valence-electron chi connectivity index (χ2n) is 6.48. The van der Waals surface area contributed by atoms with Crippen molar-refractivity contribution >= 4 is 28.3 Å². The summed E-state index contributed by atoms with van der Waals surface area (Å²) in [4.78, 5) is 4.59. The van der Waals surface area contributed by atoms with Gasteiger partial charge in [0.25, 0.3) is 0 Å². The average Bonchev–Trinajstić information content (AvgIpc) is 3.08. The molecule has 1 aliphatic rings. The number of nitrogens with one attached hydrogen (secondary N) is 2. The molecule has 0 atom stereocenters. The van der Waals surface area contributed by atoms with Crippen LogP contribution in [0.3, 0.4) is 0 Å². The summed E-state index contributed by atoms with van der Waals surface area (Å²) in [6, 6.07) is 8.14. The number of nitrogens with zero attached hydrogens (tertiary/aromatic N) is 2. The fourth-order valence-corrected chi connectivity index (χ4v) is 3.80. The van der Waals surface area contributed by atoms with E-state index >= 15 is 0 Å². The van der Waals surface area contributed by atoms with Gasteiger partial charge in [-0.25, -0.2) is 4.98 Å². The van der Waals surface area contributed by atoms with Gasteiger partial charge in [0, 0.05) is 17.8 Å². The largest absolute Gasteiger partial charge is 0.495 e. The molecule has 1 fully saturated rings. The van der Waals surface area contributed by atoms with Crippen molar-refractivity contribution in [1.82, 2.24) is 15.2 Å². The fraction of sp³-hybridized carbons (Fsp3) is 0.368. The van der Waals surface area contributed by atoms with Crippen LogP contribution in [0.4, 0.5) is 5.82 Å². The topological polar surface area (TPSA) is 62.8 Å². The standard InChI is InChI=1S/C19H21ClN4O/c1-25-16-8-7-12(11-14(16)20)18-17-15(23-24-18)9-10-21-19(17)22-13-5-3-2-4-6-13/h7-11,13H,2-6H2,1H3,(H,21,22)(H,23,24). The van der Waals surface area contributed by atoms with Crippen LogP contribution in [0, 0.1) is 0 Å². The first kappa shape index (κ1) is 16.2. The van der Waals surface area contributed by atoms with Crippen molar-refractivity contribution in [1.29, 1.82) is 0 Å². The summed E-state index contributed by atoms with van der Waals surface area (Å²) < 4.78 is 5.24. The van der Waals surface area contributed by atoms with Gasteiger partial charge < -0.3 is 10.1 Å². The van der Waals surface area contributed by atoms with E-state index in [9.17, 15) is 0 Å². The number of benzene rings is 1. The Morgan fingerprint density at radius 2 is 2.04 bits per heavy atom. The highest BCUT2D eigenvalue weighted by Crippen LogP contribution is 2.35. The highest BCUT2D eigenvalue weighted by atomic mass is 35.5. The van der Waals surface area contributed by atoms with Crippen LogP contribution in [0.5, 0.6) is 5.75 Å². The maximum atomic E-state index is 6.30. The maximum Gasteiger partial charge on any atom is 0.137 e. The molecular weight excluding hydrogens is 336 g/mol. The van der Waals surface area contributed by atoms with E-state index in [0.717, 1.165) is 28.0 Å². The molecule has 0 spiro atoms. The predicted molar refractivity (Wildman–Crippen MR) is 101 cm³/mol. The van der Waals surface area contributed by atoms with E-state index in [1.165, 1.54) is 32.1 Å². The number of aromatic amines is 1. The molecule has 0 saturated heterocycles. The summed E-state index contributed by atoms with van der Waals surface area (Å²) in [7, 11) is 1.61. The zero-order chi connectivity index (χ0) is 17.2. The van der Waals surface area contributed by atoms with Gasteiger partial charge >= 0.3 is 0 Å². The first-order chi connectivity index (χ1) is 12.3. The van der Waals surface area contributed by atoms with E-state index in [0.29, 0.717) is 16.8 Å². The Kier molecular flexibility index (Phi) is 4.49. The molecule has 1 aromatic carbocycles. The van der Waals surface area contributed by atoms with Crippen molar-refractivity contribution in [2.75, 3.05) is 12.4 Å². The number of pyridine rings is 1. The number of halogens is 1. The molecule has 1 aliphatic carbocycles. The number of rotatable bonds is 4. The molecule has 0 radical (unpaired) electrons. The molecule has 0 unspecified atom stereocenters. The van der Waals surface area contributed by atoms with Crippen LogP contribution in [-0.2, 0) is 0 Å². The van der Waals surface area contributed by atoms with E-state index in [-0.39, 0.29) is 0 Å². The zero-order valence-corrected chi connectivity index (χ0v) is 14.9. The summed E-state index contributed by atoms with van der Waals surface area (Å²) in [6.45, 7) is 0. The third-order valence-electron chi connectivity index (χ3n) is 4.85. The Morgan fingerprint density at radius 1 is 1.20 bits per heavy atom. The van der Waals surface area contributed by atoms with Crippen molar-refractivity contribution in [3.63, 3.8) is 0 Å². The lowest BCUT2D eigenvalue weighted by Crippen LogP contribution is -2.22. The molecule has 0 aliphatic heterocycles. The van der Waals surface area contributed by atoms with Gasteiger partial charge in [-0.15, -0.1) is 0 Å². The van der Waals surface area contributed by atoms with Gasteiger partial charge in [-0.3, -0.25) is 5.10 Å². The second-order valence-corrected chi connectivity index (χ2v) is 6.89. The molecule has 130 valence electrons. The summed E-state index contributed by atoms with van der Waals surface area (Å²) in [5, 5.41) is 12.8. The average molecular weight is 357 g/mol. The van der Waals surface area contributed by atoms with Gasteiger partial charge in [0.05, 0.1) is 23.0 Å². The number of H-pyrrole nitrogens is 1. The minimum absolute atomic E-state index is 0.481. The van der Waals surface area contributed by atoms with Gasteiger partial charge in [0.1, 0.15) is 17.3 Å². The van der Waals surface area contributed by atoms with Crippen molar-refractivity contribution < 1.29 is 4.74 Å². The Morgan fingerprint density at radius 3 is 2.80 bits per heavy atom. The minimum atomic E-state index is 0.481. The first-order valence-electron chi connectivity index (χ1n) is 8.70. The van der Waals surface area contributed by atoms with Gasteiger partial charge in [0.2, 0.25) is 0 Å². The fourth-order valence-electron chi connectivity index (χ4n) is 3.54. The lowest BCUT2D eigenvalue weighted by atomic mass is 9.95. The van der Waals surface area contributed by atoms with E-state index in [1.807, 2.05) is 30.5 Å². The molecule has 5 nitrogen and oxygen atoms in total.